The van der Waals surface area contributed by atoms with Crippen LogP contribution in [0.25, 0.3) is 21.9 Å². The molecular weight excluding hydrogens is 379 g/mol. The van der Waals surface area contributed by atoms with Gasteiger partial charge in [-0.2, -0.15) is 13.2 Å². The van der Waals surface area contributed by atoms with Crippen LogP contribution in [0.4, 0.5) is 13.2 Å². The van der Waals surface area contributed by atoms with Crippen molar-refractivity contribution in [3.63, 3.8) is 0 Å². The van der Waals surface area contributed by atoms with Gasteiger partial charge in [0.15, 0.2) is 5.15 Å². The maximum atomic E-state index is 13.1. The van der Waals surface area contributed by atoms with Crippen molar-refractivity contribution >= 4 is 33.5 Å². The van der Waals surface area contributed by atoms with Crippen LogP contribution in [0, 0.1) is 0 Å². The fourth-order valence-corrected chi connectivity index (χ4v) is 3.86. The molecule has 1 aromatic carbocycles. The Hall–Kier alpha value is -1.90. The molecule has 0 aliphatic carbocycles. The molecule has 1 aliphatic rings. The molecule has 0 spiro atoms. The van der Waals surface area contributed by atoms with Gasteiger partial charge >= 0.3 is 6.18 Å². The van der Waals surface area contributed by atoms with E-state index in [1.54, 1.807) is 6.07 Å². The molecule has 1 saturated heterocycles. The topological polar surface area (TPSA) is 37.2 Å². The van der Waals surface area contributed by atoms with E-state index in [4.69, 9.17) is 11.6 Å². The van der Waals surface area contributed by atoms with Crippen molar-refractivity contribution in [3.05, 3.63) is 35.2 Å². The second kappa shape index (κ2) is 6.92. The van der Waals surface area contributed by atoms with Crippen LogP contribution >= 0.6 is 11.6 Å². The lowest BCUT2D eigenvalue weighted by Gasteiger charge is -2.32. The number of alkyl halides is 3. The van der Waals surface area contributed by atoms with Crippen molar-refractivity contribution in [2.24, 2.45) is 0 Å². The number of aromatic nitrogens is 3. The molecule has 27 heavy (non-hydrogen) atoms. The zero-order valence-electron chi connectivity index (χ0n) is 14.8. The Balaban J connectivity index is 1.77. The van der Waals surface area contributed by atoms with Gasteiger partial charge in [-0.15, -0.1) is 0 Å². The van der Waals surface area contributed by atoms with Crippen LogP contribution in [-0.4, -0.2) is 63.7 Å². The van der Waals surface area contributed by atoms with Gasteiger partial charge in [0, 0.05) is 38.1 Å². The Bertz CT molecular complexity index is 976. The molecule has 2 aromatic heterocycles. The Kier molecular flexibility index (Phi) is 4.73. The number of hydrogen-bond donors (Lipinski definition) is 0. The fraction of sp³-hybridized carbons (Fsp3) is 0.444. The summed E-state index contributed by atoms with van der Waals surface area (Å²) in [7, 11) is 2.10. The zero-order valence-corrected chi connectivity index (χ0v) is 15.6. The van der Waals surface area contributed by atoms with Crippen LogP contribution in [0.15, 0.2) is 24.5 Å². The predicted molar refractivity (Wildman–Crippen MR) is 98.9 cm³/mol. The van der Waals surface area contributed by atoms with Crippen LogP contribution in [0.2, 0.25) is 5.15 Å². The summed E-state index contributed by atoms with van der Waals surface area (Å²) in [4.78, 5) is 12.7. The first-order valence-corrected chi connectivity index (χ1v) is 9.08. The molecule has 144 valence electrons. The number of halogens is 4. The van der Waals surface area contributed by atoms with E-state index in [0.29, 0.717) is 16.4 Å². The third-order valence-corrected chi connectivity index (χ3v) is 5.27. The highest BCUT2D eigenvalue weighted by atomic mass is 35.5. The summed E-state index contributed by atoms with van der Waals surface area (Å²) in [5, 5.41) is 0.700. The number of hydrogen-bond acceptors (Lipinski definition) is 4. The first-order valence-electron chi connectivity index (χ1n) is 8.71. The first kappa shape index (κ1) is 18.5. The van der Waals surface area contributed by atoms with Gasteiger partial charge in [-0.1, -0.05) is 17.7 Å². The van der Waals surface area contributed by atoms with E-state index in [9.17, 15) is 13.2 Å². The van der Waals surface area contributed by atoms with Gasteiger partial charge in [0.2, 0.25) is 0 Å². The van der Waals surface area contributed by atoms with Crippen molar-refractivity contribution in [3.8, 4) is 0 Å². The Labute approximate surface area is 159 Å². The molecule has 9 heteroatoms. The maximum absolute atomic E-state index is 13.1. The predicted octanol–water partition coefficient (Wildman–Crippen LogP) is 3.55. The number of likely N-dealkylation sites (N-methyl/N-ethyl adjacent to an activating group) is 1. The third kappa shape index (κ3) is 3.74. The quantitative estimate of drug-likeness (QED) is 0.633. The highest BCUT2D eigenvalue weighted by Gasteiger charge is 2.31. The van der Waals surface area contributed by atoms with Crippen molar-refractivity contribution in [2.75, 3.05) is 33.2 Å². The van der Waals surface area contributed by atoms with Gasteiger partial charge in [-0.3, -0.25) is 4.90 Å². The normalized spacial score (nSPS) is 17.2. The van der Waals surface area contributed by atoms with E-state index in [0.717, 1.165) is 42.9 Å². The fourth-order valence-electron chi connectivity index (χ4n) is 3.63. The molecule has 0 atom stereocenters. The highest BCUT2D eigenvalue weighted by molar-refractivity contribution is 6.34. The van der Waals surface area contributed by atoms with Crippen molar-refractivity contribution in [1.82, 2.24) is 24.3 Å². The lowest BCUT2D eigenvalue weighted by atomic mass is 10.1. The average Bonchev–Trinajstić information content (AvgIpc) is 2.90. The molecule has 5 nitrogen and oxygen atoms in total. The summed E-state index contributed by atoms with van der Waals surface area (Å²) < 4.78 is 40.5. The van der Waals surface area contributed by atoms with E-state index in [1.165, 1.54) is 6.33 Å². The summed E-state index contributed by atoms with van der Waals surface area (Å²) in [5.74, 6) is 0. The van der Waals surface area contributed by atoms with E-state index in [2.05, 4.69) is 26.8 Å². The SMILES string of the molecule is CN1CCN(Cc2ccc3c(c2)c2ncnc(Cl)c2n3CC(F)(F)F)CC1. The number of fused-ring (bicyclic) bond motifs is 3. The molecule has 0 saturated carbocycles. The summed E-state index contributed by atoms with van der Waals surface area (Å²) in [6.45, 7) is 3.59. The van der Waals surface area contributed by atoms with Crippen LogP contribution in [0.1, 0.15) is 5.56 Å². The summed E-state index contributed by atoms with van der Waals surface area (Å²) >= 11 is 6.12. The van der Waals surface area contributed by atoms with E-state index >= 15 is 0 Å². The average molecular weight is 398 g/mol. The van der Waals surface area contributed by atoms with Gasteiger partial charge in [0.05, 0.1) is 5.52 Å². The van der Waals surface area contributed by atoms with Crippen LogP contribution in [-0.2, 0) is 13.1 Å². The molecule has 0 radical (unpaired) electrons. The Morgan fingerprint density at radius 1 is 1.11 bits per heavy atom. The molecule has 4 rings (SSSR count). The highest BCUT2D eigenvalue weighted by Crippen LogP contribution is 2.34. The van der Waals surface area contributed by atoms with Crippen molar-refractivity contribution in [1.29, 1.82) is 0 Å². The van der Waals surface area contributed by atoms with Gasteiger partial charge in [0.25, 0.3) is 0 Å². The molecule has 3 aromatic rings. The number of nitrogens with zero attached hydrogens (tertiary/aromatic N) is 5. The summed E-state index contributed by atoms with van der Waals surface area (Å²) in [5.41, 5.74) is 2.19. The van der Waals surface area contributed by atoms with Gasteiger partial charge in [-0.05, 0) is 24.7 Å². The molecule has 0 bridgehead atoms. The number of piperazine rings is 1. The molecule has 1 aliphatic heterocycles. The first-order chi connectivity index (χ1) is 12.8. The van der Waals surface area contributed by atoms with Crippen LogP contribution < -0.4 is 0 Å². The molecule has 0 N–H and O–H groups in total. The largest absolute Gasteiger partial charge is 0.406 e. The standard InChI is InChI=1S/C18H19ClF3N5/c1-25-4-6-26(7-5-25)9-12-2-3-14-13(8-12)15-16(17(19)24-11-23-15)27(14)10-18(20,21)22/h2-3,8,11H,4-7,9-10H2,1H3. The van der Waals surface area contributed by atoms with Gasteiger partial charge in [0.1, 0.15) is 23.9 Å². The van der Waals surface area contributed by atoms with Crippen molar-refractivity contribution in [2.45, 2.75) is 19.3 Å². The Morgan fingerprint density at radius 2 is 1.85 bits per heavy atom. The minimum Gasteiger partial charge on any atom is -0.327 e. The van der Waals surface area contributed by atoms with Crippen LogP contribution in [0.3, 0.4) is 0 Å². The minimum atomic E-state index is -4.36. The van der Waals surface area contributed by atoms with Crippen LogP contribution in [0.5, 0.6) is 0 Å². The zero-order chi connectivity index (χ0) is 19.2. The summed E-state index contributed by atoms with van der Waals surface area (Å²) in [6, 6.07) is 5.53. The van der Waals surface area contributed by atoms with E-state index in [1.807, 2.05) is 12.1 Å². The number of benzene rings is 1. The molecule has 0 amide bonds. The second-order valence-electron chi connectivity index (χ2n) is 6.99. The van der Waals surface area contributed by atoms with E-state index < -0.39 is 12.7 Å². The lowest BCUT2D eigenvalue weighted by Crippen LogP contribution is -2.43. The molecule has 3 heterocycles. The monoisotopic (exact) mass is 397 g/mol. The summed E-state index contributed by atoms with van der Waals surface area (Å²) in [6.07, 6.45) is -3.08. The third-order valence-electron chi connectivity index (χ3n) is 4.99. The van der Waals surface area contributed by atoms with Gasteiger partial charge < -0.3 is 9.47 Å². The Morgan fingerprint density at radius 3 is 2.56 bits per heavy atom. The second-order valence-corrected chi connectivity index (χ2v) is 7.35. The molecular formula is C18H19ClF3N5. The lowest BCUT2D eigenvalue weighted by molar-refractivity contribution is -0.139. The minimum absolute atomic E-state index is 0.0288. The van der Waals surface area contributed by atoms with Crippen molar-refractivity contribution < 1.29 is 13.2 Å². The van der Waals surface area contributed by atoms with E-state index in [-0.39, 0.29) is 10.7 Å². The molecule has 1 fully saturated rings. The number of rotatable bonds is 3. The molecule has 0 unspecified atom stereocenters. The smallest absolute Gasteiger partial charge is 0.327 e. The van der Waals surface area contributed by atoms with Gasteiger partial charge in [-0.25, -0.2) is 9.97 Å². The maximum Gasteiger partial charge on any atom is 0.406 e.